The second-order valence-electron chi connectivity index (χ2n) is 20.4. The molecule has 338 valence electrons. The Morgan fingerprint density at radius 1 is 0.486 bits per heavy atom. The van der Waals surface area contributed by atoms with Crippen molar-refractivity contribution in [2.24, 2.45) is 5.92 Å². The minimum Gasteiger partial charge on any atom is -0.313 e. The number of allylic oxidation sites excluding steroid dienone is 2. The van der Waals surface area contributed by atoms with Gasteiger partial charge in [0.15, 0.2) is 11.6 Å². The summed E-state index contributed by atoms with van der Waals surface area (Å²) >= 11 is 0. The fraction of sp³-hybridized carbons (Fsp3) is 0.0923. The molecular weight excluding hydrogens is 879 g/mol. The molecule has 4 unspecified atom stereocenters. The van der Waals surface area contributed by atoms with E-state index in [4.69, 9.17) is 15.0 Å². The van der Waals surface area contributed by atoms with Gasteiger partial charge >= 0.3 is 0 Å². The highest BCUT2D eigenvalue weighted by Gasteiger charge is 2.67. The Balaban J connectivity index is 0.928. The maximum atomic E-state index is 5.34. The third-order valence-corrected chi connectivity index (χ3v) is 16.6. The molecule has 2 fully saturated rings. The number of rotatable bonds is 6. The van der Waals surface area contributed by atoms with Gasteiger partial charge in [-0.2, -0.15) is 9.97 Å². The van der Waals surface area contributed by atoms with Crippen molar-refractivity contribution in [2.45, 2.75) is 30.1 Å². The molecule has 0 N–H and O–H groups in total. The first-order chi connectivity index (χ1) is 35.7. The summed E-state index contributed by atoms with van der Waals surface area (Å²) in [4.78, 5) is 18.4. The zero-order valence-corrected chi connectivity index (χ0v) is 39.1. The van der Waals surface area contributed by atoms with Gasteiger partial charge in [0.05, 0.1) is 50.5 Å². The fourth-order valence-electron chi connectivity index (χ4n) is 13.4. The van der Waals surface area contributed by atoms with Crippen LogP contribution in [0.4, 0.5) is 11.4 Å². The molecule has 1 spiro atoms. The van der Waals surface area contributed by atoms with Gasteiger partial charge in [-0.05, 0) is 96.5 Å². The Morgan fingerprint density at radius 2 is 1.03 bits per heavy atom. The van der Waals surface area contributed by atoms with Crippen molar-refractivity contribution >= 4 is 67.1 Å². The lowest BCUT2D eigenvalue weighted by atomic mass is 9.86. The number of para-hydroxylation sites is 5. The number of benzene rings is 8. The number of fused-ring (bicyclic) bond motifs is 13. The molecule has 4 aromatic heterocycles. The van der Waals surface area contributed by atoms with Crippen molar-refractivity contribution < 1.29 is 0 Å². The van der Waals surface area contributed by atoms with Gasteiger partial charge in [0.2, 0.25) is 5.95 Å². The lowest BCUT2D eigenvalue weighted by Gasteiger charge is -2.28. The summed E-state index contributed by atoms with van der Waals surface area (Å²) in [7, 11) is 0. The third kappa shape index (κ3) is 5.16. The average Bonchev–Trinajstić information content (AvgIpc) is 4.27. The maximum absolute atomic E-state index is 5.34. The quantitative estimate of drug-likeness (QED) is 0.167. The van der Waals surface area contributed by atoms with E-state index >= 15 is 0 Å². The summed E-state index contributed by atoms with van der Waals surface area (Å²) in [5.41, 5.74) is 19.0. The molecule has 1 aliphatic heterocycles. The topological polar surface area (TPSA) is 56.7 Å². The first-order valence-electron chi connectivity index (χ1n) is 25.3. The van der Waals surface area contributed by atoms with Gasteiger partial charge in [-0.3, -0.25) is 4.57 Å². The van der Waals surface area contributed by atoms with E-state index in [0.29, 0.717) is 29.4 Å². The Kier molecular flexibility index (Phi) is 7.56. The predicted octanol–water partition coefficient (Wildman–Crippen LogP) is 15.3. The smallest absolute Gasteiger partial charge is 0.238 e. The number of aromatic nitrogens is 6. The van der Waals surface area contributed by atoms with E-state index in [9.17, 15) is 0 Å². The van der Waals surface area contributed by atoms with E-state index in [2.05, 4.69) is 201 Å². The second-order valence-corrected chi connectivity index (χ2v) is 20.4. The van der Waals surface area contributed by atoms with E-state index < -0.39 is 0 Å². The molecule has 0 saturated heterocycles. The minimum atomic E-state index is -0.251. The number of anilines is 2. The molecule has 7 nitrogen and oxygen atoms in total. The van der Waals surface area contributed by atoms with Gasteiger partial charge in [-0.1, -0.05) is 158 Å². The fourth-order valence-corrected chi connectivity index (χ4v) is 13.4. The number of hydrogen-bond acceptors (Lipinski definition) is 4. The summed E-state index contributed by atoms with van der Waals surface area (Å²) in [6.45, 7) is 0. The Labute approximate surface area is 414 Å². The van der Waals surface area contributed by atoms with Gasteiger partial charge in [0.25, 0.3) is 0 Å². The molecule has 4 atom stereocenters. The molecule has 0 radical (unpaired) electrons. The molecule has 8 aromatic carbocycles. The lowest BCUT2D eigenvalue weighted by molar-refractivity contribution is 0.762. The van der Waals surface area contributed by atoms with Crippen LogP contribution in [0.15, 0.2) is 212 Å². The van der Waals surface area contributed by atoms with E-state index in [1.54, 1.807) is 0 Å². The van der Waals surface area contributed by atoms with Crippen molar-refractivity contribution in [3.8, 4) is 40.1 Å². The summed E-state index contributed by atoms with van der Waals surface area (Å²) < 4.78 is 7.41. The van der Waals surface area contributed by atoms with E-state index in [-0.39, 0.29) is 11.3 Å². The van der Waals surface area contributed by atoms with Crippen molar-refractivity contribution in [2.75, 3.05) is 4.90 Å². The standard InChI is InChI=1S/C65H43N7/c1-3-17-39(18-4-1)62-66-63(40-19-5-2-6-20-40)68-64(67-62)72-55-28-14-9-23-47(55)50-37-59-65(38-52(65)61(50)72)51-25-11-16-30-57(51)71(59)44-35-42(69-53-26-12-7-21-45(53)46-22-8-13-27-54(46)69)34-43(36-44)70-56-29-15-10-24-48(56)60-49-33-41(49)31-32-58(60)70/h1-32,34-37,41,49,52H,33,38H2. The van der Waals surface area contributed by atoms with Crippen LogP contribution < -0.4 is 4.90 Å². The van der Waals surface area contributed by atoms with Gasteiger partial charge in [0.1, 0.15) is 0 Å². The Hall–Kier alpha value is -9.07. The van der Waals surface area contributed by atoms with Crippen LogP contribution in [-0.2, 0) is 5.41 Å². The van der Waals surface area contributed by atoms with Crippen molar-refractivity contribution in [3.05, 3.63) is 240 Å². The van der Waals surface area contributed by atoms with Crippen LogP contribution in [-0.4, -0.2) is 28.7 Å². The Bertz CT molecular complexity index is 4270. The van der Waals surface area contributed by atoms with E-state index in [1.807, 2.05) is 36.4 Å². The largest absolute Gasteiger partial charge is 0.313 e. The molecule has 5 heterocycles. The van der Waals surface area contributed by atoms with Crippen molar-refractivity contribution in [1.29, 1.82) is 0 Å². The maximum Gasteiger partial charge on any atom is 0.238 e. The molecule has 7 heteroatoms. The van der Waals surface area contributed by atoms with Crippen LogP contribution in [0.25, 0.3) is 95.9 Å². The highest BCUT2D eigenvalue weighted by molar-refractivity contribution is 6.09. The van der Waals surface area contributed by atoms with Gasteiger partial charge in [0, 0.05) is 61.0 Å². The van der Waals surface area contributed by atoms with E-state index in [0.717, 1.165) is 40.1 Å². The van der Waals surface area contributed by atoms with Crippen LogP contribution in [0.3, 0.4) is 0 Å². The predicted molar refractivity (Wildman–Crippen MR) is 291 cm³/mol. The molecule has 4 aliphatic carbocycles. The molecule has 72 heavy (non-hydrogen) atoms. The molecule has 5 aliphatic rings. The van der Waals surface area contributed by atoms with Gasteiger partial charge < -0.3 is 14.0 Å². The molecule has 17 rings (SSSR count). The summed E-state index contributed by atoms with van der Waals surface area (Å²) in [6, 6.07) is 72.8. The normalized spacial score (nSPS) is 19.8. The third-order valence-electron chi connectivity index (χ3n) is 16.6. The highest BCUT2D eigenvalue weighted by Crippen LogP contribution is 2.74. The van der Waals surface area contributed by atoms with Crippen LogP contribution in [0.1, 0.15) is 52.8 Å². The van der Waals surface area contributed by atoms with E-state index in [1.165, 1.54) is 84.0 Å². The number of hydrogen-bond donors (Lipinski definition) is 0. The molecule has 0 bridgehead atoms. The average molecular weight is 922 g/mol. The van der Waals surface area contributed by atoms with Crippen LogP contribution in [0.2, 0.25) is 0 Å². The molecule has 2 saturated carbocycles. The van der Waals surface area contributed by atoms with Gasteiger partial charge in [-0.25, -0.2) is 4.98 Å². The van der Waals surface area contributed by atoms with Crippen molar-refractivity contribution in [3.63, 3.8) is 0 Å². The molecular formula is C65H43N7. The van der Waals surface area contributed by atoms with Crippen LogP contribution >= 0.6 is 0 Å². The monoisotopic (exact) mass is 921 g/mol. The lowest BCUT2D eigenvalue weighted by Crippen LogP contribution is -2.22. The van der Waals surface area contributed by atoms with Gasteiger partial charge in [-0.15, -0.1) is 0 Å². The summed E-state index contributed by atoms with van der Waals surface area (Å²) in [5, 5.41) is 5.06. The zero-order valence-electron chi connectivity index (χ0n) is 39.1. The SMILES string of the molecule is C1=CC2CC2c2c1n(-c1cc(N3C4=Cc5c(n(-c6nc(-c7ccccc7)nc(-c7ccccc7)n6)c6ccccc56)C5CC45c4ccccc43)cc(-n3c4ccccc4c4ccccc43)c1)c1ccccc21. The molecule has 12 aromatic rings. The second kappa shape index (κ2) is 14.0. The first-order valence-corrected chi connectivity index (χ1v) is 25.3. The highest BCUT2D eigenvalue weighted by atomic mass is 15.2. The van der Waals surface area contributed by atoms with Crippen LogP contribution in [0.5, 0.6) is 0 Å². The van der Waals surface area contributed by atoms with Crippen molar-refractivity contribution in [1.82, 2.24) is 28.7 Å². The Morgan fingerprint density at radius 3 is 1.71 bits per heavy atom. The number of nitrogens with zero attached hydrogens (tertiary/aromatic N) is 7. The summed E-state index contributed by atoms with van der Waals surface area (Å²) in [5.74, 6) is 3.34. The summed E-state index contributed by atoms with van der Waals surface area (Å²) in [6.07, 6.45) is 9.58. The zero-order chi connectivity index (χ0) is 46.8. The molecule has 0 amide bonds. The minimum absolute atomic E-state index is 0.181. The first kappa shape index (κ1) is 38.7. The van der Waals surface area contributed by atoms with Crippen LogP contribution in [0, 0.1) is 5.92 Å².